The lowest BCUT2D eigenvalue weighted by molar-refractivity contribution is 0.151. The zero-order valence-electron chi connectivity index (χ0n) is 13.3. The lowest BCUT2D eigenvalue weighted by atomic mass is 9.86. The topological polar surface area (TPSA) is 38.5 Å². The molecule has 118 valence electrons. The van der Waals surface area contributed by atoms with Gasteiger partial charge >= 0.3 is 0 Å². The van der Waals surface area contributed by atoms with Gasteiger partial charge in [0.15, 0.2) is 11.6 Å². The summed E-state index contributed by atoms with van der Waals surface area (Å²) in [4.78, 5) is 2.39. The second-order valence-corrected chi connectivity index (χ2v) is 6.38. The number of nitrogens with zero attached hydrogens (tertiary/aromatic N) is 1. The molecule has 1 aliphatic heterocycles. The number of nitrogens with two attached hydrogens (primary N) is 1. The Labute approximate surface area is 127 Å². The number of benzene rings is 1. The van der Waals surface area contributed by atoms with Crippen molar-refractivity contribution in [3.63, 3.8) is 0 Å². The lowest BCUT2D eigenvalue weighted by Gasteiger charge is -2.35. The van der Waals surface area contributed by atoms with E-state index in [9.17, 15) is 4.39 Å². The number of methoxy groups -OCH3 is 1. The highest BCUT2D eigenvalue weighted by molar-refractivity contribution is 5.31. The predicted molar refractivity (Wildman–Crippen MR) is 83.9 cm³/mol. The SMILES string of the molecule is COc1ccc(C(N)CN2CCC(C(C)C)CC2)cc1F. The zero-order chi connectivity index (χ0) is 15.4. The fourth-order valence-corrected chi connectivity index (χ4v) is 3.10. The molecule has 1 aliphatic rings. The average Bonchev–Trinajstić information content (AvgIpc) is 2.47. The second kappa shape index (κ2) is 7.23. The standard InChI is InChI=1S/C17H27FN2O/c1-12(2)13-6-8-20(9-7-13)11-16(19)14-4-5-17(21-3)15(18)10-14/h4-5,10,12-13,16H,6-9,11,19H2,1-3H3. The van der Waals surface area contributed by atoms with Crippen molar-refractivity contribution in [3.8, 4) is 5.75 Å². The second-order valence-electron chi connectivity index (χ2n) is 6.38. The molecule has 1 saturated heterocycles. The molecule has 0 spiro atoms. The highest BCUT2D eigenvalue weighted by atomic mass is 19.1. The molecule has 1 heterocycles. The molecule has 21 heavy (non-hydrogen) atoms. The first-order valence-electron chi connectivity index (χ1n) is 7.82. The Balaban J connectivity index is 1.90. The van der Waals surface area contributed by atoms with Crippen LogP contribution in [0.2, 0.25) is 0 Å². The van der Waals surface area contributed by atoms with Crippen molar-refractivity contribution in [2.75, 3.05) is 26.7 Å². The maximum absolute atomic E-state index is 13.7. The van der Waals surface area contributed by atoms with Gasteiger partial charge in [0, 0.05) is 12.6 Å². The zero-order valence-corrected chi connectivity index (χ0v) is 13.3. The van der Waals surface area contributed by atoms with Crippen molar-refractivity contribution < 1.29 is 9.13 Å². The first-order valence-corrected chi connectivity index (χ1v) is 7.82. The predicted octanol–water partition coefficient (Wildman–Crippen LogP) is 3.20. The van der Waals surface area contributed by atoms with Crippen LogP contribution in [0.15, 0.2) is 18.2 Å². The van der Waals surface area contributed by atoms with Crippen molar-refractivity contribution in [1.29, 1.82) is 0 Å². The monoisotopic (exact) mass is 294 g/mol. The molecule has 1 aromatic carbocycles. The first kappa shape index (κ1) is 16.2. The van der Waals surface area contributed by atoms with E-state index in [4.69, 9.17) is 10.5 Å². The summed E-state index contributed by atoms with van der Waals surface area (Å²) in [5, 5.41) is 0. The number of rotatable bonds is 5. The molecule has 2 rings (SSSR count). The van der Waals surface area contributed by atoms with Crippen LogP contribution in [0.3, 0.4) is 0 Å². The van der Waals surface area contributed by atoms with Crippen molar-refractivity contribution in [1.82, 2.24) is 4.90 Å². The van der Waals surface area contributed by atoms with E-state index in [1.54, 1.807) is 6.07 Å². The van der Waals surface area contributed by atoms with Crippen LogP contribution in [0.4, 0.5) is 4.39 Å². The van der Waals surface area contributed by atoms with E-state index >= 15 is 0 Å². The summed E-state index contributed by atoms with van der Waals surface area (Å²) in [7, 11) is 1.47. The van der Waals surface area contributed by atoms with Gasteiger partial charge in [-0.15, -0.1) is 0 Å². The molecule has 0 bridgehead atoms. The third-order valence-electron chi connectivity index (χ3n) is 4.63. The van der Waals surface area contributed by atoms with Crippen LogP contribution in [0.25, 0.3) is 0 Å². The van der Waals surface area contributed by atoms with E-state index in [0.29, 0.717) is 0 Å². The number of hydrogen-bond acceptors (Lipinski definition) is 3. The highest BCUT2D eigenvalue weighted by Gasteiger charge is 2.23. The molecular weight excluding hydrogens is 267 g/mol. The van der Waals surface area contributed by atoms with Crippen LogP contribution in [-0.4, -0.2) is 31.6 Å². The van der Waals surface area contributed by atoms with E-state index in [-0.39, 0.29) is 17.6 Å². The summed E-state index contributed by atoms with van der Waals surface area (Å²) >= 11 is 0. The van der Waals surface area contributed by atoms with E-state index in [1.807, 2.05) is 6.07 Å². The smallest absolute Gasteiger partial charge is 0.165 e. The van der Waals surface area contributed by atoms with Crippen LogP contribution in [0, 0.1) is 17.7 Å². The van der Waals surface area contributed by atoms with E-state index in [0.717, 1.165) is 37.0 Å². The molecule has 1 atom stereocenters. The summed E-state index contributed by atoms with van der Waals surface area (Å²) in [6, 6.07) is 4.84. The van der Waals surface area contributed by atoms with Gasteiger partial charge in [0.25, 0.3) is 0 Å². The third-order valence-corrected chi connectivity index (χ3v) is 4.63. The number of halogens is 1. The van der Waals surface area contributed by atoms with Crippen molar-refractivity contribution in [3.05, 3.63) is 29.6 Å². The summed E-state index contributed by atoms with van der Waals surface area (Å²) in [6.45, 7) is 7.57. The Kier molecular flexibility index (Phi) is 5.59. The normalized spacial score (nSPS) is 19.0. The molecule has 0 aliphatic carbocycles. The maximum atomic E-state index is 13.7. The van der Waals surface area contributed by atoms with Gasteiger partial charge in [-0.2, -0.15) is 0 Å². The Morgan fingerprint density at radius 2 is 2.00 bits per heavy atom. The lowest BCUT2D eigenvalue weighted by Crippen LogP contribution is -2.39. The summed E-state index contributed by atoms with van der Waals surface area (Å²) in [6.07, 6.45) is 2.47. The Morgan fingerprint density at radius 1 is 1.33 bits per heavy atom. The van der Waals surface area contributed by atoms with Gasteiger partial charge in [-0.1, -0.05) is 19.9 Å². The third kappa shape index (κ3) is 4.17. The van der Waals surface area contributed by atoms with Crippen molar-refractivity contribution in [2.45, 2.75) is 32.7 Å². The van der Waals surface area contributed by atoms with E-state index in [2.05, 4.69) is 18.7 Å². The molecule has 0 aromatic heterocycles. The summed E-state index contributed by atoms with van der Waals surface area (Å²) in [5.41, 5.74) is 7.06. The summed E-state index contributed by atoms with van der Waals surface area (Å²) in [5.74, 6) is 1.51. The van der Waals surface area contributed by atoms with Crippen LogP contribution in [-0.2, 0) is 0 Å². The average molecular weight is 294 g/mol. The van der Waals surface area contributed by atoms with Crippen molar-refractivity contribution >= 4 is 0 Å². The number of likely N-dealkylation sites (tertiary alicyclic amines) is 1. The minimum Gasteiger partial charge on any atom is -0.494 e. The minimum absolute atomic E-state index is 0.152. The van der Waals surface area contributed by atoms with Crippen molar-refractivity contribution in [2.24, 2.45) is 17.6 Å². The molecule has 0 saturated carbocycles. The quantitative estimate of drug-likeness (QED) is 0.906. The van der Waals surface area contributed by atoms with Gasteiger partial charge in [-0.3, -0.25) is 0 Å². The largest absolute Gasteiger partial charge is 0.494 e. The molecule has 4 heteroatoms. The number of hydrogen-bond donors (Lipinski definition) is 1. The molecular formula is C17H27FN2O. The van der Waals surface area contributed by atoms with Crippen LogP contribution in [0.1, 0.15) is 38.3 Å². The Hall–Kier alpha value is -1.13. The first-order chi connectivity index (χ1) is 10.0. The summed E-state index contributed by atoms with van der Waals surface area (Å²) < 4.78 is 18.7. The van der Waals surface area contributed by atoms with Gasteiger partial charge in [0.05, 0.1) is 7.11 Å². The van der Waals surface area contributed by atoms with Crippen LogP contribution in [0.5, 0.6) is 5.75 Å². The minimum atomic E-state index is -0.344. The van der Waals surface area contributed by atoms with Gasteiger partial charge in [0.2, 0.25) is 0 Å². The highest BCUT2D eigenvalue weighted by Crippen LogP contribution is 2.26. The van der Waals surface area contributed by atoms with Gasteiger partial charge in [-0.25, -0.2) is 4.39 Å². The van der Waals surface area contributed by atoms with E-state index in [1.165, 1.54) is 26.0 Å². The molecule has 2 N–H and O–H groups in total. The Bertz CT molecular complexity index is 456. The number of piperidine rings is 1. The number of ether oxygens (including phenoxy) is 1. The molecule has 3 nitrogen and oxygen atoms in total. The molecule has 0 amide bonds. The molecule has 0 radical (unpaired) electrons. The van der Waals surface area contributed by atoms with Gasteiger partial charge in [-0.05, 0) is 55.5 Å². The van der Waals surface area contributed by atoms with Crippen LogP contribution >= 0.6 is 0 Å². The fourth-order valence-electron chi connectivity index (χ4n) is 3.10. The van der Waals surface area contributed by atoms with Gasteiger partial charge < -0.3 is 15.4 Å². The maximum Gasteiger partial charge on any atom is 0.165 e. The van der Waals surface area contributed by atoms with Crippen LogP contribution < -0.4 is 10.5 Å². The van der Waals surface area contributed by atoms with E-state index < -0.39 is 0 Å². The van der Waals surface area contributed by atoms with Gasteiger partial charge in [0.1, 0.15) is 0 Å². The molecule has 1 fully saturated rings. The molecule has 1 unspecified atom stereocenters. The molecule has 1 aromatic rings. The fraction of sp³-hybridized carbons (Fsp3) is 0.647. The Morgan fingerprint density at radius 3 is 2.52 bits per heavy atom.